The fourth-order valence-electron chi connectivity index (χ4n) is 2.46. The molecule has 1 aliphatic rings. The van der Waals surface area contributed by atoms with E-state index in [0.717, 1.165) is 5.56 Å². The highest BCUT2D eigenvalue weighted by Crippen LogP contribution is 2.52. The summed E-state index contributed by atoms with van der Waals surface area (Å²) in [5.41, 5.74) is 0.946. The number of carbonyl (C=O) groups is 1. The second-order valence-corrected chi connectivity index (χ2v) is 7.30. The molecule has 1 saturated heterocycles. The van der Waals surface area contributed by atoms with Gasteiger partial charge >= 0.3 is 13.8 Å². The summed E-state index contributed by atoms with van der Waals surface area (Å²) in [6.45, 7) is 6.15. The summed E-state index contributed by atoms with van der Waals surface area (Å²) < 4.78 is 30.4. The van der Waals surface area contributed by atoms with Gasteiger partial charge in [0, 0.05) is 26.2 Å². The van der Waals surface area contributed by atoms with E-state index >= 15 is 0 Å². The molecule has 1 aromatic rings. The minimum absolute atomic E-state index is 0.246. The van der Waals surface area contributed by atoms with E-state index in [1.165, 1.54) is 0 Å². The van der Waals surface area contributed by atoms with Gasteiger partial charge in [-0.15, -0.1) is 0 Å². The van der Waals surface area contributed by atoms with E-state index in [-0.39, 0.29) is 12.7 Å². The summed E-state index contributed by atoms with van der Waals surface area (Å²) in [6.07, 6.45) is -0.360. The Morgan fingerprint density at radius 1 is 1.04 bits per heavy atom. The number of hydrogen-bond donors (Lipinski definition) is 0. The van der Waals surface area contributed by atoms with Gasteiger partial charge in [-0.05, 0) is 19.4 Å². The summed E-state index contributed by atoms with van der Waals surface area (Å²) in [7, 11) is -3.26. The number of carbonyl (C=O) groups excluding carboxylic acids is 1. The zero-order chi connectivity index (χ0) is 17.4. The Balaban J connectivity index is 1.83. The number of ether oxygens (including phenoxy) is 1. The van der Waals surface area contributed by atoms with Crippen LogP contribution in [0.1, 0.15) is 19.4 Å². The average molecular weight is 356 g/mol. The molecule has 7 nitrogen and oxygen atoms in total. The molecule has 0 aliphatic carbocycles. The van der Waals surface area contributed by atoms with E-state index in [2.05, 4.69) is 0 Å². The van der Waals surface area contributed by atoms with Crippen molar-refractivity contribution < 1.29 is 23.1 Å². The van der Waals surface area contributed by atoms with Crippen LogP contribution in [0.25, 0.3) is 0 Å². The van der Waals surface area contributed by atoms with E-state index < -0.39 is 7.75 Å². The molecule has 0 atom stereocenters. The molecule has 1 fully saturated rings. The molecule has 1 amide bonds. The van der Waals surface area contributed by atoms with Crippen molar-refractivity contribution >= 4 is 13.8 Å². The zero-order valence-corrected chi connectivity index (χ0v) is 15.1. The average Bonchev–Trinajstić information content (AvgIpc) is 2.61. The van der Waals surface area contributed by atoms with Crippen molar-refractivity contribution in [2.24, 2.45) is 0 Å². The standard InChI is InChI=1S/C16H25N2O5P/c1-3-22-24(20,23-4-2)18-12-10-17(11-13-18)16(19)21-14-15-8-6-5-7-9-15/h5-9H,3-4,10-14H2,1-2H3. The molecule has 0 spiro atoms. The van der Waals surface area contributed by atoms with E-state index in [9.17, 15) is 9.36 Å². The first kappa shape index (κ1) is 18.9. The summed E-state index contributed by atoms with van der Waals surface area (Å²) >= 11 is 0. The monoisotopic (exact) mass is 356 g/mol. The third-order valence-corrected chi connectivity index (χ3v) is 5.91. The molecule has 0 saturated carbocycles. The molecule has 0 radical (unpaired) electrons. The molecule has 1 heterocycles. The van der Waals surface area contributed by atoms with Gasteiger partial charge in [0.05, 0.1) is 13.2 Å². The Hall–Kier alpha value is -1.40. The highest BCUT2D eigenvalue weighted by molar-refractivity contribution is 7.51. The van der Waals surface area contributed by atoms with Crippen LogP contribution in [-0.4, -0.2) is 55.1 Å². The second kappa shape index (κ2) is 9.18. The molecule has 2 rings (SSSR count). The molecular weight excluding hydrogens is 331 g/mol. The summed E-state index contributed by atoms with van der Waals surface area (Å²) in [5, 5.41) is 0. The first-order valence-electron chi connectivity index (χ1n) is 8.19. The van der Waals surface area contributed by atoms with Gasteiger partial charge in [-0.3, -0.25) is 9.05 Å². The smallest absolute Gasteiger partial charge is 0.410 e. The van der Waals surface area contributed by atoms with Crippen LogP contribution in [0.5, 0.6) is 0 Å². The predicted octanol–water partition coefficient (Wildman–Crippen LogP) is 3.12. The molecule has 24 heavy (non-hydrogen) atoms. The van der Waals surface area contributed by atoms with Crippen molar-refractivity contribution in [3.8, 4) is 0 Å². The quantitative estimate of drug-likeness (QED) is 0.699. The van der Waals surface area contributed by atoms with Gasteiger partial charge in [-0.2, -0.15) is 0 Å². The minimum Gasteiger partial charge on any atom is -0.445 e. The fraction of sp³-hybridized carbons (Fsp3) is 0.562. The summed E-state index contributed by atoms with van der Waals surface area (Å²) in [4.78, 5) is 13.7. The molecule has 8 heteroatoms. The van der Waals surface area contributed by atoms with Crippen molar-refractivity contribution in [3.63, 3.8) is 0 Å². The van der Waals surface area contributed by atoms with Crippen LogP contribution in [0.4, 0.5) is 4.79 Å². The fourth-order valence-corrected chi connectivity index (χ4v) is 4.18. The maximum atomic E-state index is 12.7. The number of amides is 1. The van der Waals surface area contributed by atoms with Crippen molar-refractivity contribution in [2.75, 3.05) is 39.4 Å². The predicted molar refractivity (Wildman–Crippen MR) is 90.6 cm³/mol. The van der Waals surface area contributed by atoms with E-state index in [1.54, 1.807) is 23.4 Å². The van der Waals surface area contributed by atoms with Crippen LogP contribution in [-0.2, 0) is 25.0 Å². The Morgan fingerprint density at radius 2 is 1.62 bits per heavy atom. The van der Waals surface area contributed by atoms with Gasteiger partial charge in [0.25, 0.3) is 0 Å². The molecule has 0 unspecified atom stereocenters. The van der Waals surface area contributed by atoms with E-state index in [4.69, 9.17) is 13.8 Å². The highest BCUT2D eigenvalue weighted by Gasteiger charge is 2.36. The minimum atomic E-state index is -3.26. The van der Waals surface area contributed by atoms with Gasteiger partial charge < -0.3 is 9.64 Å². The van der Waals surface area contributed by atoms with Gasteiger partial charge in [-0.1, -0.05) is 30.3 Å². The first-order chi connectivity index (χ1) is 11.6. The van der Waals surface area contributed by atoms with Gasteiger partial charge in [0.1, 0.15) is 6.61 Å². The Bertz CT molecular complexity index is 551. The van der Waals surface area contributed by atoms with Crippen LogP contribution < -0.4 is 0 Å². The van der Waals surface area contributed by atoms with Crippen LogP contribution in [0.2, 0.25) is 0 Å². The number of benzene rings is 1. The van der Waals surface area contributed by atoms with Crippen LogP contribution in [0.15, 0.2) is 30.3 Å². The molecule has 1 aromatic carbocycles. The lowest BCUT2D eigenvalue weighted by Crippen LogP contribution is -2.47. The lowest BCUT2D eigenvalue weighted by Gasteiger charge is -2.36. The number of rotatable bonds is 7. The van der Waals surface area contributed by atoms with Crippen molar-refractivity contribution in [2.45, 2.75) is 20.5 Å². The third-order valence-electron chi connectivity index (χ3n) is 3.65. The molecular formula is C16H25N2O5P. The maximum absolute atomic E-state index is 12.7. The molecule has 0 bridgehead atoms. The SMILES string of the molecule is CCOP(=O)(OCC)N1CCN(C(=O)OCc2ccccc2)CC1. The maximum Gasteiger partial charge on any atom is 0.410 e. The molecule has 0 N–H and O–H groups in total. The largest absolute Gasteiger partial charge is 0.445 e. The molecule has 134 valence electrons. The second-order valence-electron chi connectivity index (χ2n) is 5.28. The van der Waals surface area contributed by atoms with Crippen LogP contribution in [0.3, 0.4) is 0 Å². The summed E-state index contributed by atoms with van der Waals surface area (Å²) in [5.74, 6) is 0. The summed E-state index contributed by atoms with van der Waals surface area (Å²) in [6, 6.07) is 9.54. The lowest BCUT2D eigenvalue weighted by molar-refractivity contribution is 0.0752. The topological polar surface area (TPSA) is 68.3 Å². The van der Waals surface area contributed by atoms with Gasteiger partial charge in [0.15, 0.2) is 0 Å². The Morgan fingerprint density at radius 3 is 2.17 bits per heavy atom. The molecule has 0 aromatic heterocycles. The van der Waals surface area contributed by atoms with Gasteiger partial charge in [0.2, 0.25) is 0 Å². The van der Waals surface area contributed by atoms with Crippen molar-refractivity contribution in [3.05, 3.63) is 35.9 Å². The zero-order valence-electron chi connectivity index (χ0n) is 14.2. The van der Waals surface area contributed by atoms with E-state index in [1.807, 2.05) is 30.3 Å². The van der Waals surface area contributed by atoms with Gasteiger partial charge in [-0.25, -0.2) is 14.0 Å². The lowest BCUT2D eigenvalue weighted by atomic mass is 10.2. The number of nitrogens with zero attached hydrogens (tertiary/aromatic N) is 2. The number of piperazine rings is 1. The molecule has 1 aliphatic heterocycles. The van der Waals surface area contributed by atoms with Crippen molar-refractivity contribution in [1.82, 2.24) is 9.57 Å². The Labute approximate surface area is 143 Å². The third kappa shape index (κ3) is 5.05. The van der Waals surface area contributed by atoms with Crippen LogP contribution in [0, 0.1) is 0 Å². The highest BCUT2D eigenvalue weighted by atomic mass is 31.2. The van der Waals surface area contributed by atoms with Crippen molar-refractivity contribution in [1.29, 1.82) is 0 Å². The Kier molecular flexibility index (Phi) is 7.24. The van der Waals surface area contributed by atoms with E-state index in [0.29, 0.717) is 39.4 Å². The first-order valence-corrected chi connectivity index (χ1v) is 9.68. The normalized spacial score (nSPS) is 16.2. The number of hydrogen-bond acceptors (Lipinski definition) is 5. The van der Waals surface area contributed by atoms with Crippen LogP contribution >= 0.6 is 7.75 Å².